The van der Waals surface area contributed by atoms with Crippen molar-refractivity contribution in [2.45, 2.75) is 26.2 Å². The summed E-state index contributed by atoms with van der Waals surface area (Å²) >= 11 is 9.54. The summed E-state index contributed by atoms with van der Waals surface area (Å²) in [5, 5.41) is 3.96. The second-order valence-electron chi connectivity index (χ2n) is 4.90. The van der Waals surface area contributed by atoms with Crippen LogP contribution in [0.15, 0.2) is 22.7 Å². The molecule has 1 aromatic carbocycles. The Kier molecular flexibility index (Phi) is 4.46. The number of hydrogen-bond donors (Lipinski definition) is 1. The Hall–Kier alpha value is -0.380. The maximum absolute atomic E-state index is 12.5. The van der Waals surface area contributed by atoms with E-state index >= 15 is 0 Å². The SMILES string of the molecule is CCC1(C(=O)Cc2ccc(Br)cc2Cl)CCNC1. The van der Waals surface area contributed by atoms with E-state index in [9.17, 15) is 4.79 Å². The van der Waals surface area contributed by atoms with E-state index in [0.29, 0.717) is 17.2 Å². The van der Waals surface area contributed by atoms with Crippen LogP contribution in [0.1, 0.15) is 25.3 Å². The second-order valence-corrected chi connectivity index (χ2v) is 6.22. The number of benzene rings is 1. The first-order chi connectivity index (χ1) is 8.57. The highest BCUT2D eigenvalue weighted by Crippen LogP contribution is 2.33. The highest BCUT2D eigenvalue weighted by Gasteiger charge is 2.38. The molecule has 2 rings (SSSR count). The molecule has 0 aromatic heterocycles. The van der Waals surface area contributed by atoms with Gasteiger partial charge in [-0.25, -0.2) is 0 Å². The summed E-state index contributed by atoms with van der Waals surface area (Å²) in [4.78, 5) is 12.5. The van der Waals surface area contributed by atoms with E-state index < -0.39 is 0 Å². The quantitative estimate of drug-likeness (QED) is 0.914. The monoisotopic (exact) mass is 329 g/mol. The van der Waals surface area contributed by atoms with Crippen molar-refractivity contribution < 1.29 is 4.79 Å². The highest BCUT2D eigenvalue weighted by molar-refractivity contribution is 9.10. The molecule has 0 spiro atoms. The Morgan fingerprint density at radius 2 is 2.33 bits per heavy atom. The number of halogens is 2. The van der Waals surface area contributed by atoms with Crippen LogP contribution in [0.2, 0.25) is 5.02 Å². The van der Waals surface area contributed by atoms with Gasteiger partial charge < -0.3 is 5.32 Å². The molecule has 1 saturated heterocycles. The van der Waals surface area contributed by atoms with E-state index in [-0.39, 0.29) is 5.41 Å². The lowest BCUT2D eigenvalue weighted by Crippen LogP contribution is -2.34. The predicted octanol–water partition coefficient (Wildman–Crippen LogP) is 3.60. The zero-order valence-corrected chi connectivity index (χ0v) is 12.8. The van der Waals surface area contributed by atoms with Gasteiger partial charge in [0.1, 0.15) is 5.78 Å². The molecule has 0 amide bonds. The van der Waals surface area contributed by atoms with Gasteiger partial charge >= 0.3 is 0 Å². The maximum atomic E-state index is 12.5. The fraction of sp³-hybridized carbons (Fsp3) is 0.500. The lowest BCUT2D eigenvalue weighted by atomic mass is 9.78. The van der Waals surface area contributed by atoms with Crippen LogP contribution >= 0.6 is 27.5 Å². The first-order valence-corrected chi connectivity index (χ1v) is 7.42. The molecule has 1 aliphatic rings. The summed E-state index contributed by atoms with van der Waals surface area (Å²) < 4.78 is 0.941. The molecule has 1 heterocycles. The molecule has 98 valence electrons. The molecule has 0 radical (unpaired) electrons. The summed E-state index contributed by atoms with van der Waals surface area (Å²) in [5.41, 5.74) is 0.737. The van der Waals surface area contributed by atoms with Crippen LogP contribution in [0.3, 0.4) is 0 Å². The number of carbonyl (C=O) groups is 1. The van der Waals surface area contributed by atoms with Gasteiger partial charge in [0.25, 0.3) is 0 Å². The normalized spacial score (nSPS) is 23.3. The summed E-state index contributed by atoms with van der Waals surface area (Å²) in [7, 11) is 0. The third kappa shape index (κ3) is 2.79. The fourth-order valence-corrected chi connectivity index (χ4v) is 3.25. The molecular weight excluding hydrogens is 314 g/mol. The Morgan fingerprint density at radius 3 is 2.89 bits per heavy atom. The van der Waals surface area contributed by atoms with Crippen LogP contribution in [-0.4, -0.2) is 18.9 Å². The predicted molar refractivity (Wildman–Crippen MR) is 78.1 cm³/mol. The molecule has 1 aromatic rings. The van der Waals surface area contributed by atoms with Gasteiger partial charge in [-0.1, -0.05) is 40.5 Å². The van der Waals surface area contributed by atoms with Gasteiger partial charge in [0.2, 0.25) is 0 Å². The molecule has 2 nitrogen and oxygen atoms in total. The maximum Gasteiger partial charge on any atom is 0.144 e. The van der Waals surface area contributed by atoms with Gasteiger partial charge in [-0.05, 0) is 37.1 Å². The van der Waals surface area contributed by atoms with Crippen LogP contribution in [0.5, 0.6) is 0 Å². The van der Waals surface area contributed by atoms with Crippen LogP contribution in [0, 0.1) is 5.41 Å². The molecule has 0 aliphatic carbocycles. The zero-order chi connectivity index (χ0) is 13.2. The van der Waals surface area contributed by atoms with E-state index in [1.807, 2.05) is 18.2 Å². The van der Waals surface area contributed by atoms with E-state index in [4.69, 9.17) is 11.6 Å². The third-order valence-electron chi connectivity index (χ3n) is 3.88. The molecule has 1 fully saturated rings. The van der Waals surface area contributed by atoms with Crippen molar-refractivity contribution >= 4 is 33.3 Å². The van der Waals surface area contributed by atoms with Crippen molar-refractivity contribution in [3.63, 3.8) is 0 Å². The molecule has 1 atom stereocenters. The number of nitrogens with one attached hydrogen (secondary N) is 1. The lowest BCUT2D eigenvalue weighted by molar-refractivity contribution is -0.127. The van der Waals surface area contributed by atoms with Crippen LogP contribution in [0.4, 0.5) is 0 Å². The van der Waals surface area contributed by atoms with Gasteiger partial charge in [-0.15, -0.1) is 0 Å². The summed E-state index contributed by atoms with van der Waals surface area (Å²) in [6.07, 6.45) is 2.27. The third-order valence-corrected chi connectivity index (χ3v) is 4.72. The smallest absolute Gasteiger partial charge is 0.144 e. The molecule has 0 bridgehead atoms. The largest absolute Gasteiger partial charge is 0.316 e. The van der Waals surface area contributed by atoms with Gasteiger partial charge in [0, 0.05) is 27.9 Å². The van der Waals surface area contributed by atoms with E-state index in [1.165, 1.54) is 0 Å². The number of ketones is 1. The molecule has 1 aliphatic heterocycles. The van der Waals surface area contributed by atoms with E-state index in [0.717, 1.165) is 36.0 Å². The van der Waals surface area contributed by atoms with Crippen molar-refractivity contribution in [1.82, 2.24) is 5.32 Å². The zero-order valence-electron chi connectivity index (χ0n) is 10.4. The average molecular weight is 331 g/mol. The van der Waals surface area contributed by atoms with Gasteiger partial charge in [0.15, 0.2) is 0 Å². The van der Waals surface area contributed by atoms with Crippen LogP contribution in [-0.2, 0) is 11.2 Å². The van der Waals surface area contributed by atoms with E-state index in [2.05, 4.69) is 28.2 Å². The van der Waals surface area contributed by atoms with Crippen molar-refractivity contribution in [2.75, 3.05) is 13.1 Å². The van der Waals surface area contributed by atoms with Gasteiger partial charge in [-0.2, -0.15) is 0 Å². The molecular formula is C14H17BrClNO. The van der Waals surface area contributed by atoms with Crippen molar-refractivity contribution in [3.8, 4) is 0 Å². The average Bonchev–Trinajstić information content (AvgIpc) is 2.82. The summed E-state index contributed by atoms with van der Waals surface area (Å²) in [5.74, 6) is 0.305. The first-order valence-electron chi connectivity index (χ1n) is 6.25. The van der Waals surface area contributed by atoms with Gasteiger partial charge in [0.05, 0.1) is 0 Å². The van der Waals surface area contributed by atoms with Gasteiger partial charge in [-0.3, -0.25) is 4.79 Å². The van der Waals surface area contributed by atoms with Crippen LogP contribution < -0.4 is 5.32 Å². The summed E-state index contributed by atoms with van der Waals surface area (Å²) in [6.45, 7) is 3.83. The Morgan fingerprint density at radius 1 is 1.56 bits per heavy atom. The van der Waals surface area contributed by atoms with Crippen molar-refractivity contribution in [3.05, 3.63) is 33.3 Å². The lowest BCUT2D eigenvalue weighted by Gasteiger charge is -2.25. The number of carbonyl (C=O) groups excluding carboxylic acids is 1. The molecule has 1 N–H and O–H groups in total. The Bertz CT molecular complexity index is 455. The standard InChI is InChI=1S/C14H17BrClNO/c1-2-14(5-6-17-9-14)13(18)7-10-3-4-11(15)8-12(10)16/h3-4,8,17H,2,5-7,9H2,1H3. The molecule has 18 heavy (non-hydrogen) atoms. The second kappa shape index (κ2) is 5.72. The fourth-order valence-electron chi connectivity index (χ4n) is 2.51. The number of rotatable bonds is 4. The Labute approximate surface area is 121 Å². The van der Waals surface area contributed by atoms with Crippen molar-refractivity contribution in [1.29, 1.82) is 0 Å². The Balaban J connectivity index is 2.15. The molecule has 4 heteroatoms. The first kappa shape index (κ1) is 14.0. The summed E-state index contributed by atoms with van der Waals surface area (Å²) in [6, 6.07) is 5.70. The van der Waals surface area contributed by atoms with Crippen LogP contribution in [0.25, 0.3) is 0 Å². The molecule has 1 unspecified atom stereocenters. The number of Topliss-reactive ketones (excluding diaryl/α,β-unsaturated/α-hetero) is 1. The minimum absolute atomic E-state index is 0.184. The topological polar surface area (TPSA) is 29.1 Å². The van der Waals surface area contributed by atoms with E-state index in [1.54, 1.807) is 0 Å². The van der Waals surface area contributed by atoms with Crippen molar-refractivity contribution in [2.24, 2.45) is 5.41 Å². The molecule has 0 saturated carbocycles. The highest BCUT2D eigenvalue weighted by atomic mass is 79.9. The number of hydrogen-bond acceptors (Lipinski definition) is 2. The minimum atomic E-state index is -0.184. The minimum Gasteiger partial charge on any atom is -0.316 e.